The van der Waals surface area contributed by atoms with E-state index < -0.39 is 0 Å². The third kappa shape index (κ3) is 3.69. The molecule has 0 aromatic carbocycles. The highest BCUT2D eigenvalue weighted by Gasteiger charge is 2.55. The molecule has 3 aliphatic rings. The first kappa shape index (κ1) is 17.1. The minimum atomic E-state index is 0.567. The zero-order valence-corrected chi connectivity index (χ0v) is 15.8. The molecule has 0 bridgehead atoms. The van der Waals surface area contributed by atoms with Gasteiger partial charge in [-0.1, -0.05) is 0 Å². The van der Waals surface area contributed by atoms with Crippen LogP contribution in [0.4, 0.5) is 5.82 Å². The Morgan fingerprint density at radius 1 is 1.07 bits per heavy atom. The molecule has 0 radical (unpaired) electrons. The van der Waals surface area contributed by atoms with Gasteiger partial charge in [-0.05, 0) is 61.8 Å². The van der Waals surface area contributed by atoms with Gasteiger partial charge in [-0.3, -0.25) is 4.98 Å². The van der Waals surface area contributed by atoms with E-state index in [1.54, 1.807) is 0 Å². The number of hydrogen-bond donors (Lipinski definition) is 1. The van der Waals surface area contributed by atoms with E-state index in [1.807, 2.05) is 37.4 Å². The Kier molecular flexibility index (Phi) is 4.53. The molecule has 2 aliphatic heterocycles. The van der Waals surface area contributed by atoms with E-state index in [1.165, 1.54) is 32.5 Å². The molecule has 2 saturated heterocycles. The summed E-state index contributed by atoms with van der Waals surface area (Å²) in [5, 5.41) is 12.3. The van der Waals surface area contributed by atoms with Crippen LogP contribution in [-0.4, -0.2) is 59.0 Å². The first-order chi connectivity index (χ1) is 13.3. The molecule has 3 atom stereocenters. The van der Waals surface area contributed by atoms with Crippen molar-refractivity contribution in [1.82, 2.24) is 20.1 Å². The van der Waals surface area contributed by atoms with E-state index in [2.05, 4.69) is 25.4 Å². The second kappa shape index (κ2) is 7.17. The van der Waals surface area contributed by atoms with Crippen LogP contribution in [0, 0.1) is 24.7 Å². The molecule has 27 heavy (non-hydrogen) atoms. The standard InChI is InChI=1S/C21H27N5O/c1-14-2-3-16(10-22-14)19-4-5-20(25-24-19)23-21-17-12-26(13-18(17)21)11-15-6-8-27-9-7-15/h2-5,10,15,17-18,21H,6-9,11-13H2,1H3,(H,23,25)/t17-,18+,21?. The molecular weight excluding hydrogens is 338 g/mol. The Bertz CT molecular complexity index is 760. The molecule has 1 saturated carbocycles. The van der Waals surface area contributed by atoms with Gasteiger partial charge in [-0.15, -0.1) is 10.2 Å². The number of nitrogens with one attached hydrogen (secondary N) is 1. The molecule has 0 amide bonds. The molecule has 1 unspecified atom stereocenters. The normalized spacial score (nSPS) is 28.1. The number of piperidine rings is 1. The van der Waals surface area contributed by atoms with Crippen LogP contribution in [-0.2, 0) is 4.74 Å². The zero-order valence-electron chi connectivity index (χ0n) is 15.8. The van der Waals surface area contributed by atoms with Gasteiger partial charge in [0, 0.05) is 56.3 Å². The Morgan fingerprint density at radius 2 is 1.89 bits per heavy atom. The summed E-state index contributed by atoms with van der Waals surface area (Å²) in [5.74, 6) is 3.26. The number of pyridine rings is 1. The second-order valence-electron chi connectivity index (χ2n) is 8.26. The molecule has 4 heterocycles. The van der Waals surface area contributed by atoms with Crippen molar-refractivity contribution in [3.8, 4) is 11.3 Å². The van der Waals surface area contributed by atoms with Crippen LogP contribution in [0.5, 0.6) is 0 Å². The Hall–Kier alpha value is -2.05. The summed E-state index contributed by atoms with van der Waals surface area (Å²) in [6.07, 6.45) is 4.31. The largest absolute Gasteiger partial charge is 0.381 e. The predicted molar refractivity (Wildman–Crippen MR) is 104 cm³/mol. The molecular formula is C21H27N5O. The molecule has 3 fully saturated rings. The summed E-state index contributed by atoms with van der Waals surface area (Å²) in [6, 6.07) is 8.67. The fraction of sp³-hybridized carbons (Fsp3) is 0.571. The minimum Gasteiger partial charge on any atom is -0.381 e. The van der Waals surface area contributed by atoms with E-state index >= 15 is 0 Å². The maximum absolute atomic E-state index is 5.47. The average molecular weight is 365 g/mol. The quantitative estimate of drug-likeness (QED) is 0.879. The molecule has 2 aromatic heterocycles. The van der Waals surface area contributed by atoms with Gasteiger partial charge < -0.3 is 15.0 Å². The van der Waals surface area contributed by atoms with Gasteiger partial charge in [0.05, 0.1) is 5.69 Å². The van der Waals surface area contributed by atoms with Crippen LogP contribution in [0.3, 0.4) is 0 Å². The third-order valence-electron chi connectivity index (χ3n) is 6.31. The lowest BCUT2D eigenvalue weighted by Gasteiger charge is -2.28. The highest BCUT2D eigenvalue weighted by Crippen LogP contribution is 2.47. The lowest BCUT2D eigenvalue weighted by Crippen LogP contribution is -2.34. The SMILES string of the molecule is Cc1ccc(-c2ccc(NC3[C@H]4CN(CC5CCOCC5)C[C@@H]34)nn2)cn1. The lowest BCUT2D eigenvalue weighted by molar-refractivity contribution is 0.0540. The van der Waals surface area contributed by atoms with Crippen molar-refractivity contribution < 1.29 is 4.74 Å². The number of hydrogen-bond acceptors (Lipinski definition) is 6. The van der Waals surface area contributed by atoms with E-state index in [0.717, 1.165) is 53.7 Å². The van der Waals surface area contributed by atoms with Gasteiger partial charge in [0.1, 0.15) is 5.82 Å². The van der Waals surface area contributed by atoms with E-state index in [9.17, 15) is 0 Å². The van der Waals surface area contributed by atoms with Gasteiger partial charge in [-0.25, -0.2) is 0 Å². The number of nitrogens with zero attached hydrogens (tertiary/aromatic N) is 4. The lowest BCUT2D eigenvalue weighted by atomic mass is 10.00. The van der Waals surface area contributed by atoms with Gasteiger partial charge in [-0.2, -0.15) is 0 Å². The second-order valence-corrected chi connectivity index (χ2v) is 8.26. The number of ether oxygens (including phenoxy) is 1. The third-order valence-corrected chi connectivity index (χ3v) is 6.31. The van der Waals surface area contributed by atoms with E-state index in [-0.39, 0.29) is 0 Å². The molecule has 1 N–H and O–H groups in total. The zero-order chi connectivity index (χ0) is 18.2. The molecule has 1 aliphatic carbocycles. The number of aryl methyl sites for hydroxylation is 1. The van der Waals surface area contributed by atoms with Gasteiger partial charge in [0.2, 0.25) is 0 Å². The fourth-order valence-corrected chi connectivity index (χ4v) is 4.62. The van der Waals surface area contributed by atoms with Gasteiger partial charge >= 0.3 is 0 Å². The van der Waals surface area contributed by atoms with Crippen LogP contribution in [0.25, 0.3) is 11.3 Å². The molecule has 6 nitrogen and oxygen atoms in total. The monoisotopic (exact) mass is 365 g/mol. The predicted octanol–water partition coefficient (Wildman–Crippen LogP) is 2.62. The minimum absolute atomic E-state index is 0.567. The maximum atomic E-state index is 5.47. The Balaban J connectivity index is 1.13. The summed E-state index contributed by atoms with van der Waals surface area (Å²) < 4.78 is 5.47. The van der Waals surface area contributed by atoms with Gasteiger partial charge in [0.25, 0.3) is 0 Å². The van der Waals surface area contributed by atoms with Gasteiger partial charge in [0.15, 0.2) is 0 Å². The molecule has 0 spiro atoms. The Morgan fingerprint density at radius 3 is 2.56 bits per heavy atom. The summed E-state index contributed by atoms with van der Waals surface area (Å²) in [7, 11) is 0. The van der Waals surface area contributed by atoms with Crippen molar-refractivity contribution in [2.75, 3.05) is 38.2 Å². The van der Waals surface area contributed by atoms with Crippen molar-refractivity contribution in [2.24, 2.45) is 17.8 Å². The van der Waals surface area contributed by atoms with Crippen LogP contribution in [0.15, 0.2) is 30.5 Å². The number of anilines is 1. The fourth-order valence-electron chi connectivity index (χ4n) is 4.62. The molecule has 2 aromatic rings. The number of aromatic nitrogens is 3. The van der Waals surface area contributed by atoms with E-state index in [4.69, 9.17) is 4.74 Å². The topological polar surface area (TPSA) is 63.2 Å². The van der Waals surface area contributed by atoms with Crippen LogP contribution in [0.1, 0.15) is 18.5 Å². The summed E-state index contributed by atoms with van der Waals surface area (Å²) in [6.45, 7) is 7.58. The van der Waals surface area contributed by atoms with Crippen LogP contribution < -0.4 is 5.32 Å². The van der Waals surface area contributed by atoms with E-state index in [0.29, 0.717) is 6.04 Å². The van der Waals surface area contributed by atoms with Crippen molar-refractivity contribution in [1.29, 1.82) is 0 Å². The average Bonchev–Trinajstić information content (AvgIpc) is 3.14. The molecule has 6 heteroatoms. The summed E-state index contributed by atoms with van der Waals surface area (Å²) >= 11 is 0. The summed E-state index contributed by atoms with van der Waals surface area (Å²) in [5.41, 5.74) is 2.88. The number of rotatable bonds is 5. The molecule has 5 rings (SSSR count). The van der Waals surface area contributed by atoms with Crippen molar-refractivity contribution in [3.05, 3.63) is 36.2 Å². The van der Waals surface area contributed by atoms with Crippen molar-refractivity contribution >= 4 is 5.82 Å². The number of likely N-dealkylation sites (tertiary alicyclic amines) is 1. The number of fused-ring (bicyclic) bond motifs is 1. The van der Waals surface area contributed by atoms with Crippen molar-refractivity contribution in [3.63, 3.8) is 0 Å². The highest BCUT2D eigenvalue weighted by atomic mass is 16.5. The first-order valence-electron chi connectivity index (χ1n) is 10.1. The highest BCUT2D eigenvalue weighted by molar-refractivity contribution is 5.58. The smallest absolute Gasteiger partial charge is 0.148 e. The molecule has 142 valence electrons. The maximum Gasteiger partial charge on any atom is 0.148 e. The van der Waals surface area contributed by atoms with Crippen LogP contribution in [0.2, 0.25) is 0 Å². The summed E-state index contributed by atoms with van der Waals surface area (Å²) in [4.78, 5) is 6.98. The van der Waals surface area contributed by atoms with Crippen molar-refractivity contribution in [2.45, 2.75) is 25.8 Å². The Labute approximate surface area is 160 Å². The van der Waals surface area contributed by atoms with Crippen LogP contribution >= 0.6 is 0 Å². The first-order valence-corrected chi connectivity index (χ1v) is 10.1.